The van der Waals surface area contributed by atoms with Crippen molar-refractivity contribution in [3.8, 4) is 0 Å². The number of rotatable bonds is 3. The number of hydrogen-bond donors (Lipinski definition) is 0. The van der Waals surface area contributed by atoms with Crippen molar-refractivity contribution in [3.05, 3.63) is 17.5 Å². The standard InChI is InChI=1S/C16H24N2O2/c1-12-9-15(20-17-12)10-16(19)18-8-7-14(11-18)13-5-3-2-4-6-13/h9,13-14H,2-8,10-11H2,1H3. The fourth-order valence-electron chi connectivity index (χ4n) is 3.76. The summed E-state index contributed by atoms with van der Waals surface area (Å²) >= 11 is 0. The first-order chi connectivity index (χ1) is 9.72. The van der Waals surface area contributed by atoms with E-state index in [9.17, 15) is 4.79 Å². The van der Waals surface area contributed by atoms with Crippen LogP contribution >= 0.6 is 0 Å². The third kappa shape index (κ3) is 3.05. The van der Waals surface area contributed by atoms with Crippen molar-refractivity contribution in [2.45, 2.75) is 51.9 Å². The van der Waals surface area contributed by atoms with Gasteiger partial charge in [-0.25, -0.2) is 0 Å². The topological polar surface area (TPSA) is 46.3 Å². The quantitative estimate of drug-likeness (QED) is 0.852. The van der Waals surface area contributed by atoms with Gasteiger partial charge < -0.3 is 9.42 Å². The number of hydrogen-bond acceptors (Lipinski definition) is 3. The Hall–Kier alpha value is -1.32. The maximum Gasteiger partial charge on any atom is 0.230 e. The van der Waals surface area contributed by atoms with Crippen molar-refractivity contribution in [2.24, 2.45) is 11.8 Å². The zero-order chi connectivity index (χ0) is 13.9. The van der Waals surface area contributed by atoms with Gasteiger partial charge in [-0.1, -0.05) is 37.3 Å². The molecule has 2 fully saturated rings. The van der Waals surface area contributed by atoms with Crippen molar-refractivity contribution in [1.82, 2.24) is 10.1 Å². The van der Waals surface area contributed by atoms with Gasteiger partial charge in [0.1, 0.15) is 5.76 Å². The smallest absolute Gasteiger partial charge is 0.230 e. The lowest BCUT2D eigenvalue weighted by atomic mass is 9.80. The molecule has 1 aliphatic carbocycles. The Labute approximate surface area is 120 Å². The Kier molecular flexibility index (Phi) is 4.08. The highest BCUT2D eigenvalue weighted by molar-refractivity contribution is 5.78. The van der Waals surface area contributed by atoms with Crippen molar-refractivity contribution in [3.63, 3.8) is 0 Å². The van der Waals surface area contributed by atoms with Gasteiger partial charge in [-0.05, 0) is 25.2 Å². The van der Waals surface area contributed by atoms with Crippen LogP contribution in [0.1, 0.15) is 50.0 Å². The summed E-state index contributed by atoms with van der Waals surface area (Å²) in [6, 6.07) is 1.85. The van der Waals surface area contributed by atoms with Crippen molar-refractivity contribution >= 4 is 5.91 Å². The van der Waals surface area contributed by atoms with E-state index in [1.807, 2.05) is 17.9 Å². The second-order valence-electron chi connectivity index (χ2n) is 6.40. The lowest BCUT2D eigenvalue weighted by Crippen LogP contribution is -2.31. The van der Waals surface area contributed by atoms with Crippen LogP contribution in [0, 0.1) is 18.8 Å². The van der Waals surface area contributed by atoms with Gasteiger partial charge in [-0.15, -0.1) is 0 Å². The summed E-state index contributed by atoms with van der Waals surface area (Å²) in [5.74, 6) is 2.47. The number of likely N-dealkylation sites (tertiary alicyclic amines) is 1. The molecule has 1 aromatic heterocycles. The van der Waals surface area contributed by atoms with Crippen LogP contribution in [0.25, 0.3) is 0 Å². The molecule has 1 unspecified atom stereocenters. The fourth-order valence-corrected chi connectivity index (χ4v) is 3.76. The Morgan fingerprint density at radius 1 is 1.30 bits per heavy atom. The molecule has 2 heterocycles. The largest absolute Gasteiger partial charge is 0.361 e. The zero-order valence-corrected chi connectivity index (χ0v) is 12.3. The summed E-state index contributed by atoms with van der Waals surface area (Å²) in [6.07, 6.45) is 8.45. The SMILES string of the molecule is Cc1cc(CC(=O)N2CCC(C3CCCCC3)C2)on1. The van der Waals surface area contributed by atoms with Gasteiger partial charge in [0.2, 0.25) is 5.91 Å². The highest BCUT2D eigenvalue weighted by Crippen LogP contribution is 2.35. The highest BCUT2D eigenvalue weighted by Gasteiger charge is 2.32. The van der Waals surface area contributed by atoms with E-state index in [2.05, 4.69) is 5.16 Å². The zero-order valence-electron chi connectivity index (χ0n) is 12.3. The Morgan fingerprint density at radius 3 is 2.80 bits per heavy atom. The van der Waals surface area contributed by atoms with Crippen LogP contribution in [0.2, 0.25) is 0 Å². The number of aromatic nitrogens is 1. The average molecular weight is 276 g/mol. The van der Waals surface area contributed by atoms with Crippen molar-refractivity contribution in [2.75, 3.05) is 13.1 Å². The first kappa shape index (κ1) is 13.7. The molecule has 0 N–H and O–H groups in total. The molecule has 1 aromatic rings. The molecule has 1 saturated carbocycles. The summed E-state index contributed by atoms with van der Waals surface area (Å²) < 4.78 is 5.14. The van der Waals surface area contributed by atoms with E-state index in [4.69, 9.17) is 4.52 Å². The molecule has 4 heteroatoms. The molecule has 3 rings (SSSR count). The third-order valence-corrected chi connectivity index (χ3v) is 4.90. The number of nitrogens with zero attached hydrogens (tertiary/aromatic N) is 2. The Balaban J connectivity index is 1.52. The second kappa shape index (κ2) is 5.98. The summed E-state index contributed by atoms with van der Waals surface area (Å²) in [4.78, 5) is 14.3. The van der Waals surface area contributed by atoms with E-state index in [1.165, 1.54) is 38.5 Å². The van der Waals surface area contributed by atoms with E-state index < -0.39 is 0 Å². The van der Waals surface area contributed by atoms with Gasteiger partial charge in [-0.2, -0.15) is 0 Å². The lowest BCUT2D eigenvalue weighted by Gasteiger charge is -2.27. The predicted molar refractivity (Wildman–Crippen MR) is 76.2 cm³/mol. The Bertz CT molecular complexity index is 463. The number of carbonyl (C=O) groups excluding carboxylic acids is 1. The van der Waals surface area contributed by atoms with Crippen LogP contribution in [0.5, 0.6) is 0 Å². The van der Waals surface area contributed by atoms with Gasteiger partial charge in [-0.3, -0.25) is 4.79 Å². The molecule has 1 aliphatic heterocycles. The van der Waals surface area contributed by atoms with Crippen LogP contribution in [-0.4, -0.2) is 29.1 Å². The monoisotopic (exact) mass is 276 g/mol. The predicted octanol–water partition coefficient (Wildman–Crippen LogP) is 2.95. The van der Waals surface area contributed by atoms with Crippen molar-refractivity contribution < 1.29 is 9.32 Å². The summed E-state index contributed by atoms with van der Waals surface area (Å²) in [5.41, 5.74) is 0.842. The van der Waals surface area contributed by atoms with Crippen LogP contribution in [0.4, 0.5) is 0 Å². The summed E-state index contributed by atoms with van der Waals surface area (Å²) in [7, 11) is 0. The first-order valence-corrected chi connectivity index (χ1v) is 7.92. The lowest BCUT2D eigenvalue weighted by molar-refractivity contribution is -0.129. The minimum atomic E-state index is 0.194. The molecule has 110 valence electrons. The maximum absolute atomic E-state index is 12.3. The third-order valence-electron chi connectivity index (χ3n) is 4.90. The maximum atomic E-state index is 12.3. The molecule has 1 saturated heterocycles. The van der Waals surface area contributed by atoms with E-state index in [0.717, 1.165) is 30.6 Å². The summed E-state index contributed by atoms with van der Waals surface area (Å²) in [6.45, 7) is 3.76. The number of carbonyl (C=O) groups is 1. The van der Waals surface area contributed by atoms with Crippen LogP contribution < -0.4 is 0 Å². The molecule has 20 heavy (non-hydrogen) atoms. The molecular formula is C16H24N2O2. The van der Waals surface area contributed by atoms with E-state index in [0.29, 0.717) is 12.2 Å². The summed E-state index contributed by atoms with van der Waals surface area (Å²) in [5, 5.41) is 3.84. The van der Waals surface area contributed by atoms with E-state index >= 15 is 0 Å². The van der Waals surface area contributed by atoms with Crippen molar-refractivity contribution in [1.29, 1.82) is 0 Å². The number of aryl methyl sites for hydroxylation is 1. The molecule has 1 atom stereocenters. The van der Waals surface area contributed by atoms with Gasteiger partial charge in [0.25, 0.3) is 0 Å². The molecule has 0 spiro atoms. The van der Waals surface area contributed by atoms with Crippen LogP contribution in [0.3, 0.4) is 0 Å². The van der Waals surface area contributed by atoms with E-state index in [1.54, 1.807) is 0 Å². The van der Waals surface area contributed by atoms with Crippen LogP contribution in [0.15, 0.2) is 10.6 Å². The van der Waals surface area contributed by atoms with Gasteiger partial charge in [0.15, 0.2) is 0 Å². The first-order valence-electron chi connectivity index (χ1n) is 7.92. The minimum Gasteiger partial charge on any atom is -0.361 e. The van der Waals surface area contributed by atoms with Gasteiger partial charge in [0.05, 0.1) is 12.1 Å². The highest BCUT2D eigenvalue weighted by atomic mass is 16.5. The number of amides is 1. The molecule has 2 aliphatic rings. The molecule has 0 aromatic carbocycles. The molecular weight excluding hydrogens is 252 g/mol. The molecule has 0 radical (unpaired) electrons. The van der Waals surface area contributed by atoms with Gasteiger partial charge in [0, 0.05) is 19.2 Å². The molecule has 4 nitrogen and oxygen atoms in total. The van der Waals surface area contributed by atoms with Gasteiger partial charge >= 0.3 is 0 Å². The van der Waals surface area contributed by atoms with E-state index in [-0.39, 0.29) is 5.91 Å². The minimum absolute atomic E-state index is 0.194. The second-order valence-corrected chi connectivity index (χ2v) is 6.40. The Morgan fingerprint density at radius 2 is 2.10 bits per heavy atom. The normalized spacial score (nSPS) is 24.2. The average Bonchev–Trinajstić information content (AvgIpc) is 3.09. The van der Waals surface area contributed by atoms with Crippen LogP contribution in [-0.2, 0) is 11.2 Å². The molecule has 0 bridgehead atoms. The fraction of sp³-hybridized carbons (Fsp3) is 0.750. The molecule has 1 amide bonds.